The molecule has 4 heterocycles. The molecule has 11 heteroatoms. The number of rotatable bonds is 5. The van der Waals surface area contributed by atoms with Gasteiger partial charge in [-0.2, -0.15) is 0 Å². The number of benzene rings is 3. The van der Waals surface area contributed by atoms with Crippen LogP contribution in [0.25, 0.3) is 55.7 Å². The topological polar surface area (TPSA) is 97.4 Å². The van der Waals surface area contributed by atoms with E-state index >= 15 is 0 Å². The van der Waals surface area contributed by atoms with Gasteiger partial charge in [0.05, 0.1) is 28.7 Å². The van der Waals surface area contributed by atoms with Crippen LogP contribution in [0.15, 0.2) is 77.3 Å². The Kier molecular flexibility index (Phi) is 6.33. The number of nitrogens with one attached hydrogen (secondary N) is 1. The molecule has 7 rings (SSSR count). The molecule has 0 bridgehead atoms. The Balaban J connectivity index is 1.50. The molecule has 0 atom stereocenters. The summed E-state index contributed by atoms with van der Waals surface area (Å²) < 4.78 is 63.4. The molecule has 8 nitrogen and oxygen atoms in total. The summed E-state index contributed by atoms with van der Waals surface area (Å²) in [6.07, 6.45) is 3.54. The lowest BCUT2D eigenvalue weighted by Gasteiger charge is -2.23. The van der Waals surface area contributed by atoms with Crippen LogP contribution in [-0.4, -0.2) is 44.2 Å². The van der Waals surface area contributed by atoms with Crippen LogP contribution in [0.5, 0.6) is 0 Å². The van der Waals surface area contributed by atoms with E-state index < -0.39 is 21.7 Å². The highest BCUT2D eigenvalue weighted by atomic mass is 32.2. The van der Waals surface area contributed by atoms with E-state index in [1.807, 2.05) is 18.2 Å². The molecule has 0 saturated heterocycles. The minimum atomic E-state index is -3.73. The van der Waals surface area contributed by atoms with E-state index in [9.17, 15) is 22.0 Å². The third-order valence-electron chi connectivity index (χ3n) is 8.24. The van der Waals surface area contributed by atoms with Crippen molar-refractivity contribution >= 4 is 43.5 Å². The van der Waals surface area contributed by atoms with Crippen molar-refractivity contribution in [2.45, 2.75) is 13.0 Å². The van der Waals surface area contributed by atoms with E-state index in [4.69, 9.17) is 9.40 Å². The van der Waals surface area contributed by atoms with Crippen LogP contribution < -0.4 is 9.62 Å². The number of halogens is 2. The highest BCUT2D eigenvalue weighted by Crippen LogP contribution is 2.43. The second-order valence-corrected chi connectivity index (χ2v) is 12.8. The molecule has 1 amide bonds. The molecule has 222 valence electrons. The van der Waals surface area contributed by atoms with Gasteiger partial charge in [-0.05, 0) is 66.6 Å². The van der Waals surface area contributed by atoms with Crippen LogP contribution in [0.3, 0.4) is 0 Å². The van der Waals surface area contributed by atoms with E-state index in [-0.39, 0.29) is 28.4 Å². The van der Waals surface area contributed by atoms with Crippen LogP contribution >= 0.6 is 0 Å². The van der Waals surface area contributed by atoms with Gasteiger partial charge in [0, 0.05) is 66.1 Å². The Hall–Kier alpha value is -5.03. The number of furan rings is 1. The lowest BCUT2D eigenvalue weighted by Crippen LogP contribution is -2.25. The summed E-state index contributed by atoms with van der Waals surface area (Å²) in [6, 6.07) is 17.5. The van der Waals surface area contributed by atoms with Gasteiger partial charge in [0.25, 0.3) is 5.91 Å². The van der Waals surface area contributed by atoms with Crippen molar-refractivity contribution in [2.24, 2.45) is 0 Å². The Morgan fingerprint density at radius 3 is 2.52 bits per heavy atom. The standard InChI is InChI=1S/C33H26F2N4O4S/c1-36-33(40)31-24-13-23(28(38(2)44(3,41)42)16-30(24)43-32(31)18-7-9-20(34)10-8-18)26-14-21-19(17-37-26)11-12-39-27-6-4-5-25(35)22(27)15-29(21)39/h4-10,13-17H,11-12H2,1-3H3,(H,36,40). The zero-order chi connectivity index (χ0) is 30.9. The van der Waals surface area contributed by atoms with Crippen LogP contribution in [0.1, 0.15) is 15.9 Å². The number of aromatic nitrogens is 2. The summed E-state index contributed by atoms with van der Waals surface area (Å²) in [5.74, 6) is -0.954. The summed E-state index contributed by atoms with van der Waals surface area (Å²) in [5.41, 5.74) is 5.64. The highest BCUT2D eigenvalue weighted by molar-refractivity contribution is 7.92. The van der Waals surface area contributed by atoms with Gasteiger partial charge >= 0.3 is 0 Å². The maximum atomic E-state index is 14.7. The van der Waals surface area contributed by atoms with Gasteiger partial charge in [0.15, 0.2) is 0 Å². The van der Waals surface area contributed by atoms with Gasteiger partial charge in [0.1, 0.15) is 23.0 Å². The fraction of sp³-hybridized carbons (Fsp3) is 0.152. The number of aryl methyl sites for hydroxylation is 2. The number of amides is 1. The molecule has 0 radical (unpaired) electrons. The molecule has 0 aliphatic carbocycles. The average Bonchev–Trinajstić information content (AvgIpc) is 3.59. The first-order valence-electron chi connectivity index (χ1n) is 13.8. The summed E-state index contributed by atoms with van der Waals surface area (Å²) in [5, 5.41) is 3.60. The number of hydrogen-bond donors (Lipinski definition) is 1. The average molecular weight is 613 g/mol. The van der Waals surface area contributed by atoms with Crippen LogP contribution in [0.2, 0.25) is 0 Å². The van der Waals surface area contributed by atoms with Crippen molar-refractivity contribution in [1.82, 2.24) is 14.9 Å². The second kappa shape index (κ2) is 10.0. The van der Waals surface area contributed by atoms with E-state index in [0.29, 0.717) is 40.6 Å². The maximum Gasteiger partial charge on any atom is 0.255 e. The van der Waals surface area contributed by atoms with Crippen molar-refractivity contribution in [3.8, 4) is 33.8 Å². The minimum absolute atomic E-state index is 0.217. The predicted molar refractivity (Wildman–Crippen MR) is 166 cm³/mol. The van der Waals surface area contributed by atoms with Gasteiger partial charge in [-0.25, -0.2) is 17.2 Å². The first-order chi connectivity index (χ1) is 21.0. The van der Waals surface area contributed by atoms with Crippen molar-refractivity contribution < 1.29 is 26.4 Å². The number of carbonyl (C=O) groups excluding carboxylic acids is 1. The van der Waals surface area contributed by atoms with Crippen molar-refractivity contribution in [2.75, 3.05) is 24.7 Å². The Morgan fingerprint density at radius 2 is 1.80 bits per heavy atom. The minimum Gasteiger partial charge on any atom is -0.455 e. The van der Waals surface area contributed by atoms with Crippen molar-refractivity contribution in [1.29, 1.82) is 0 Å². The molecule has 0 saturated carbocycles. The number of pyridine rings is 1. The smallest absolute Gasteiger partial charge is 0.255 e. The number of nitrogens with zero attached hydrogens (tertiary/aromatic N) is 3. The Labute approximate surface area is 251 Å². The van der Waals surface area contributed by atoms with Crippen LogP contribution in [0, 0.1) is 11.6 Å². The van der Waals surface area contributed by atoms with Gasteiger partial charge in [-0.1, -0.05) is 6.07 Å². The monoisotopic (exact) mass is 612 g/mol. The fourth-order valence-electron chi connectivity index (χ4n) is 5.94. The zero-order valence-corrected chi connectivity index (χ0v) is 24.8. The van der Waals surface area contributed by atoms with Crippen molar-refractivity contribution in [3.63, 3.8) is 0 Å². The van der Waals surface area contributed by atoms with Gasteiger partial charge in [0.2, 0.25) is 10.0 Å². The van der Waals surface area contributed by atoms with Crippen molar-refractivity contribution in [3.05, 3.63) is 95.7 Å². The lowest BCUT2D eigenvalue weighted by molar-refractivity contribution is 0.0964. The molecule has 1 aliphatic heterocycles. The number of anilines is 1. The van der Waals surface area contributed by atoms with Gasteiger partial charge in [-0.3, -0.25) is 14.1 Å². The third kappa shape index (κ3) is 4.34. The number of hydrogen-bond acceptors (Lipinski definition) is 5. The van der Waals surface area contributed by atoms with E-state index in [0.717, 1.165) is 32.9 Å². The molecule has 6 aromatic rings. The summed E-state index contributed by atoms with van der Waals surface area (Å²) >= 11 is 0. The molecule has 3 aromatic heterocycles. The molecule has 0 spiro atoms. The third-order valence-corrected chi connectivity index (χ3v) is 9.43. The highest BCUT2D eigenvalue weighted by Gasteiger charge is 2.27. The summed E-state index contributed by atoms with van der Waals surface area (Å²) in [6.45, 7) is 0.668. The zero-order valence-electron chi connectivity index (χ0n) is 24.0. The number of fused-ring (bicyclic) bond motifs is 6. The van der Waals surface area contributed by atoms with Crippen LogP contribution in [-0.2, 0) is 23.0 Å². The normalized spacial score (nSPS) is 12.8. The second-order valence-electron chi connectivity index (χ2n) is 10.8. The van der Waals surface area contributed by atoms with E-state index in [1.165, 1.54) is 44.4 Å². The SMILES string of the molecule is CNC(=O)c1c(-c2ccc(F)cc2)oc2cc(N(C)S(C)(=O)=O)c(-c3cc4c(cn3)CCn3c-4cc4c(F)cccc43)cc12. The summed E-state index contributed by atoms with van der Waals surface area (Å²) in [4.78, 5) is 17.9. The van der Waals surface area contributed by atoms with E-state index in [2.05, 4.69) is 9.88 Å². The number of sulfonamides is 1. The van der Waals surface area contributed by atoms with Gasteiger partial charge in [-0.15, -0.1) is 0 Å². The van der Waals surface area contributed by atoms with Crippen LogP contribution in [0.4, 0.5) is 14.5 Å². The van der Waals surface area contributed by atoms with Gasteiger partial charge < -0.3 is 14.3 Å². The molecule has 0 unspecified atom stereocenters. The predicted octanol–water partition coefficient (Wildman–Crippen LogP) is 6.37. The molecular weight excluding hydrogens is 586 g/mol. The van der Waals surface area contributed by atoms with E-state index in [1.54, 1.807) is 24.4 Å². The quantitative estimate of drug-likeness (QED) is 0.244. The molecule has 1 N–H and O–H groups in total. The molecule has 3 aromatic carbocycles. The number of carbonyl (C=O) groups is 1. The Morgan fingerprint density at radius 1 is 1.02 bits per heavy atom. The molecular formula is C33H26F2N4O4S. The fourth-order valence-corrected chi connectivity index (χ4v) is 6.45. The largest absolute Gasteiger partial charge is 0.455 e. The molecule has 44 heavy (non-hydrogen) atoms. The Bertz CT molecular complexity index is 2260. The maximum absolute atomic E-state index is 14.7. The first kappa shape index (κ1) is 27.8. The first-order valence-corrected chi connectivity index (χ1v) is 15.7. The lowest BCUT2D eigenvalue weighted by atomic mass is 9.96. The molecule has 1 aliphatic rings. The molecule has 0 fully saturated rings. The summed E-state index contributed by atoms with van der Waals surface area (Å²) in [7, 11) is -0.799.